The summed E-state index contributed by atoms with van der Waals surface area (Å²) in [7, 11) is 0. The lowest BCUT2D eigenvalue weighted by Crippen LogP contribution is -2.50. The summed E-state index contributed by atoms with van der Waals surface area (Å²) in [5.41, 5.74) is 0.0759. The van der Waals surface area contributed by atoms with Crippen LogP contribution in [0.5, 0.6) is 0 Å². The quantitative estimate of drug-likeness (QED) is 0.300. The van der Waals surface area contributed by atoms with Gasteiger partial charge in [0.15, 0.2) is 5.96 Å². The average molecular weight is 449 g/mol. The Morgan fingerprint density at radius 1 is 1.06 bits per heavy atom. The van der Waals surface area contributed by atoms with E-state index in [1.54, 1.807) is 0 Å². The molecule has 2 saturated heterocycles. The van der Waals surface area contributed by atoms with Gasteiger partial charge in [-0.3, -0.25) is 14.8 Å². The average Bonchev–Trinajstić information content (AvgIpc) is 3.28. The number of hydrogen-bond donors (Lipinski definition) is 2. The molecule has 3 heterocycles. The van der Waals surface area contributed by atoms with Crippen LogP contribution >= 0.6 is 0 Å². The molecular formula is C23H44N8O. The SMILES string of the molecule is CCc1nncn1CCNC(=NCC(C)(C)N1CCCCC1)NCCCN1CCOCC1. The maximum absolute atomic E-state index is 5.45. The van der Waals surface area contributed by atoms with E-state index < -0.39 is 0 Å². The normalized spacial score (nSPS) is 19.3. The summed E-state index contributed by atoms with van der Waals surface area (Å²) < 4.78 is 7.56. The first-order valence-electron chi connectivity index (χ1n) is 12.5. The summed E-state index contributed by atoms with van der Waals surface area (Å²) >= 11 is 0. The fourth-order valence-electron chi connectivity index (χ4n) is 4.41. The molecule has 182 valence electrons. The Kier molecular flexibility index (Phi) is 10.2. The van der Waals surface area contributed by atoms with Crippen molar-refractivity contribution in [3.63, 3.8) is 0 Å². The standard InChI is InChI=1S/C23H44N8O/c1-4-21-28-27-20-30(21)14-10-25-22(24-9-8-11-29-15-17-32-18-16-29)26-19-23(2,3)31-12-6-5-7-13-31/h20H,4-19H2,1-3H3,(H2,24,25,26). The van der Waals surface area contributed by atoms with Gasteiger partial charge in [0.05, 0.1) is 19.8 Å². The van der Waals surface area contributed by atoms with E-state index in [0.29, 0.717) is 0 Å². The minimum atomic E-state index is 0.0759. The molecular weight excluding hydrogens is 404 g/mol. The summed E-state index contributed by atoms with van der Waals surface area (Å²) in [5.74, 6) is 1.93. The van der Waals surface area contributed by atoms with Crippen molar-refractivity contribution in [2.24, 2.45) is 4.99 Å². The van der Waals surface area contributed by atoms with Gasteiger partial charge in [-0.05, 0) is 52.7 Å². The molecule has 3 rings (SSSR count). The Morgan fingerprint density at radius 3 is 2.56 bits per heavy atom. The van der Waals surface area contributed by atoms with Crippen LogP contribution in [0.25, 0.3) is 0 Å². The molecule has 0 amide bonds. The maximum atomic E-state index is 5.45. The number of nitrogens with zero attached hydrogens (tertiary/aromatic N) is 6. The Morgan fingerprint density at radius 2 is 1.81 bits per heavy atom. The third kappa shape index (κ3) is 8.01. The van der Waals surface area contributed by atoms with Crippen LogP contribution in [0.1, 0.15) is 52.3 Å². The van der Waals surface area contributed by atoms with E-state index in [1.165, 1.54) is 32.4 Å². The van der Waals surface area contributed by atoms with Crippen molar-refractivity contribution in [1.82, 2.24) is 35.2 Å². The Bertz CT molecular complexity index is 677. The number of likely N-dealkylation sites (tertiary alicyclic amines) is 1. The highest BCUT2D eigenvalue weighted by Gasteiger charge is 2.27. The molecule has 0 aliphatic carbocycles. The molecule has 0 saturated carbocycles. The van der Waals surface area contributed by atoms with E-state index in [-0.39, 0.29) is 5.54 Å². The first kappa shape index (κ1) is 24.9. The van der Waals surface area contributed by atoms with Crippen LogP contribution in [-0.2, 0) is 17.7 Å². The van der Waals surface area contributed by atoms with Crippen LogP contribution in [0, 0.1) is 0 Å². The number of morpholine rings is 1. The second-order valence-electron chi connectivity index (χ2n) is 9.48. The number of piperidine rings is 1. The van der Waals surface area contributed by atoms with Crippen LogP contribution in [0.15, 0.2) is 11.3 Å². The summed E-state index contributed by atoms with van der Waals surface area (Å²) in [5, 5.41) is 15.3. The monoisotopic (exact) mass is 448 g/mol. The summed E-state index contributed by atoms with van der Waals surface area (Å²) in [6.45, 7) is 17.4. The van der Waals surface area contributed by atoms with Gasteiger partial charge in [0.1, 0.15) is 12.2 Å². The van der Waals surface area contributed by atoms with Gasteiger partial charge < -0.3 is 19.9 Å². The molecule has 9 nitrogen and oxygen atoms in total. The lowest BCUT2D eigenvalue weighted by molar-refractivity contribution is 0.0376. The Balaban J connectivity index is 1.50. The number of aryl methyl sites for hydroxylation is 1. The lowest BCUT2D eigenvalue weighted by Gasteiger charge is -2.40. The summed E-state index contributed by atoms with van der Waals surface area (Å²) in [6.07, 6.45) is 7.77. The predicted molar refractivity (Wildman–Crippen MR) is 129 cm³/mol. The third-order valence-electron chi connectivity index (χ3n) is 6.54. The van der Waals surface area contributed by atoms with Crippen molar-refractivity contribution in [2.75, 3.05) is 65.6 Å². The largest absolute Gasteiger partial charge is 0.379 e. The van der Waals surface area contributed by atoms with E-state index >= 15 is 0 Å². The van der Waals surface area contributed by atoms with Gasteiger partial charge in [-0.25, -0.2) is 0 Å². The van der Waals surface area contributed by atoms with Crippen LogP contribution in [0.3, 0.4) is 0 Å². The zero-order chi connectivity index (χ0) is 22.7. The van der Waals surface area contributed by atoms with E-state index in [0.717, 1.165) is 83.7 Å². The molecule has 9 heteroatoms. The smallest absolute Gasteiger partial charge is 0.191 e. The molecule has 2 N–H and O–H groups in total. The maximum Gasteiger partial charge on any atom is 0.191 e. The number of aliphatic imine (C=N–C) groups is 1. The summed E-state index contributed by atoms with van der Waals surface area (Å²) in [4.78, 5) is 10.1. The molecule has 0 radical (unpaired) electrons. The van der Waals surface area contributed by atoms with Gasteiger partial charge in [-0.2, -0.15) is 0 Å². The first-order chi connectivity index (χ1) is 15.6. The molecule has 32 heavy (non-hydrogen) atoms. The van der Waals surface area contributed by atoms with E-state index in [2.05, 4.69) is 56.0 Å². The minimum Gasteiger partial charge on any atom is -0.379 e. The number of nitrogens with one attached hydrogen (secondary N) is 2. The number of aromatic nitrogens is 3. The van der Waals surface area contributed by atoms with Crippen molar-refractivity contribution in [3.8, 4) is 0 Å². The highest BCUT2D eigenvalue weighted by molar-refractivity contribution is 5.79. The highest BCUT2D eigenvalue weighted by Crippen LogP contribution is 2.20. The molecule has 2 aliphatic rings. The second-order valence-corrected chi connectivity index (χ2v) is 9.48. The van der Waals surface area contributed by atoms with Crippen molar-refractivity contribution in [2.45, 2.75) is 65.0 Å². The molecule has 1 aromatic rings. The van der Waals surface area contributed by atoms with Gasteiger partial charge in [-0.1, -0.05) is 13.3 Å². The topological polar surface area (TPSA) is 82.8 Å². The molecule has 0 aromatic carbocycles. The second kappa shape index (κ2) is 13.1. The van der Waals surface area contributed by atoms with E-state index in [4.69, 9.17) is 9.73 Å². The van der Waals surface area contributed by atoms with Gasteiger partial charge in [-0.15, -0.1) is 10.2 Å². The van der Waals surface area contributed by atoms with Crippen LogP contribution < -0.4 is 10.6 Å². The zero-order valence-electron chi connectivity index (χ0n) is 20.5. The van der Waals surface area contributed by atoms with Gasteiger partial charge in [0, 0.05) is 44.7 Å². The molecule has 2 fully saturated rings. The summed E-state index contributed by atoms with van der Waals surface area (Å²) in [6, 6.07) is 0. The number of rotatable bonds is 11. The van der Waals surface area contributed by atoms with Gasteiger partial charge >= 0.3 is 0 Å². The minimum absolute atomic E-state index is 0.0759. The van der Waals surface area contributed by atoms with Crippen molar-refractivity contribution in [1.29, 1.82) is 0 Å². The number of ether oxygens (including phenoxy) is 1. The third-order valence-corrected chi connectivity index (χ3v) is 6.54. The molecule has 1 aromatic heterocycles. The molecule has 0 bridgehead atoms. The van der Waals surface area contributed by atoms with Gasteiger partial charge in [0.2, 0.25) is 0 Å². The molecule has 0 unspecified atom stereocenters. The number of hydrogen-bond acceptors (Lipinski definition) is 6. The highest BCUT2D eigenvalue weighted by atomic mass is 16.5. The first-order valence-corrected chi connectivity index (χ1v) is 12.5. The fourth-order valence-corrected chi connectivity index (χ4v) is 4.41. The van der Waals surface area contributed by atoms with E-state index in [9.17, 15) is 0 Å². The van der Waals surface area contributed by atoms with E-state index in [1.807, 2.05) is 6.33 Å². The molecule has 2 aliphatic heterocycles. The van der Waals surface area contributed by atoms with Crippen LogP contribution in [0.4, 0.5) is 0 Å². The predicted octanol–water partition coefficient (Wildman–Crippen LogP) is 1.36. The van der Waals surface area contributed by atoms with Gasteiger partial charge in [0.25, 0.3) is 0 Å². The van der Waals surface area contributed by atoms with Crippen LogP contribution in [0.2, 0.25) is 0 Å². The number of guanidine groups is 1. The van der Waals surface area contributed by atoms with Crippen LogP contribution in [-0.4, -0.2) is 102 Å². The Labute approximate surface area is 194 Å². The van der Waals surface area contributed by atoms with Crippen molar-refractivity contribution in [3.05, 3.63) is 12.2 Å². The lowest BCUT2D eigenvalue weighted by atomic mass is 9.99. The molecule has 0 atom stereocenters. The van der Waals surface area contributed by atoms with Crippen molar-refractivity contribution >= 4 is 5.96 Å². The van der Waals surface area contributed by atoms with Crippen molar-refractivity contribution < 1.29 is 4.74 Å². The fraction of sp³-hybridized carbons (Fsp3) is 0.870. The molecule has 0 spiro atoms. The zero-order valence-corrected chi connectivity index (χ0v) is 20.5. The Hall–Kier alpha value is -1.71.